The van der Waals surface area contributed by atoms with E-state index in [0.717, 1.165) is 22.5 Å². The molecule has 1 aliphatic carbocycles. The van der Waals surface area contributed by atoms with E-state index < -0.39 is 0 Å². The number of anilines is 1. The number of halogens is 1. The van der Waals surface area contributed by atoms with Crippen LogP contribution in [0.2, 0.25) is 0 Å². The number of rotatable bonds is 4. The number of aliphatic hydroxyl groups is 1. The highest BCUT2D eigenvalue weighted by Crippen LogP contribution is 2.35. The maximum Gasteiger partial charge on any atom is 0.228 e. The van der Waals surface area contributed by atoms with Crippen molar-refractivity contribution in [2.24, 2.45) is 0 Å². The summed E-state index contributed by atoms with van der Waals surface area (Å²) in [6.07, 6.45) is 3.90. The van der Waals surface area contributed by atoms with Crippen LogP contribution >= 0.6 is 15.9 Å². The highest BCUT2D eigenvalue weighted by atomic mass is 79.9. The quantitative estimate of drug-likeness (QED) is 0.846. The molecule has 2 aliphatic rings. The van der Waals surface area contributed by atoms with Crippen LogP contribution in [0.3, 0.4) is 0 Å². The second kappa shape index (κ2) is 5.69. The largest absolute Gasteiger partial charge is 0.491 e. The van der Waals surface area contributed by atoms with E-state index in [0.29, 0.717) is 32.3 Å². The third-order valence-electron chi connectivity index (χ3n) is 3.82. The number of alkyl halides is 1. The first kappa shape index (κ1) is 13.8. The molecule has 5 nitrogen and oxygen atoms in total. The molecular weight excluding hydrogens is 324 g/mol. The minimum atomic E-state index is -0.278. The van der Waals surface area contributed by atoms with Crippen LogP contribution in [0.25, 0.3) is 0 Å². The maximum atomic E-state index is 12.1. The van der Waals surface area contributed by atoms with Gasteiger partial charge in [-0.15, -0.1) is 0 Å². The molecule has 0 bridgehead atoms. The van der Waals surface area contributed by atoms with Crippen molar-refractivity contribution in [3.05, 3.63) is 17.8 Å². The summed E-state index contributed by atoms with van der Waals surface area (Å²) in [7, 11) is 0. The highest BCUT2D eigenvalue weighted by molar-refractivity contribution is 9.09. The van der Waals surface area contributed by atoms with Crippen LogP contribution in [0.5, 0.6) is 5.75 Å². The lowest BCUT2D eigenvalue weighted by Crippen LogP contribution is -2.52. The van der Waals surface area contributed by atoms with Gasteiger partial charge in [-0.25, -0.2) is 4.98 Å². The predicted octanol–water partition coefficient (Wildman–Crippen LogP) is 1.66. The smallest absolute Gasteiger partial charge is 0.228 e. The van der Waals surface area contributed by atoms with E-state index in [-0.39, 0.29) is 18.1 Å². The van der Waals surface area contributed by atoms with Crippen molar-refractivity contribution >= 4 is 27.7 Å². The molecule has 6 heteroatoms. The molecule has 1 amide bonds. The zero-order chi connectivity index (χ0) is 14.1. The van der Waals surface area contributed by atoms with Crippen LogP contribution in [0.15, 0.2) is 12.3 Å². The number of nitrogens with zero attached hydrogens (tertiary/aromatic N) is 2. The first-order valence-electron chi connectivity index (χ1n) is 6.87. The van der Waals surface area contributed by atoms with Crippen molar-refractivity contribution in [3.8, 4) is 5.75 Å². The average Bonchev–Trinajstić information content (AvgIpc) is 2.42. The number of pyridine rings is 1. The van der Waals surface area contributed by atoms with Crippen molar-refractivity contribution in [1.29, 1.82) is 0 Å². The van der Waals surface area contributed by atoms with Crippen LogP contribution in [-0.2, 0) is 11.2 Å². The standard InChI is InChI=1S/C14H17BrN2O3/c15-3-4-20-12-5-9-1-2-13(19)17(14(9)16-8-12)10-6-11(18)7-10/h5,8,10-11,18H,1-4,6-7H2/t10-,11+. The van der Waals surface area contributed by atoms with E-state index in [1.807, 2.05) is 6.07 Å². The number of aromatic nitrogens is 1. The van der Waals surface area contributed by atoms with E-state index in [4.69, 9.17) is 4.74 Å². The van der Waals surface area contributed by atoms with Crippen LogP contribution in [0.1, 0.15) is 24.8 Å². The summed E-state index contributed by atoms with van der Waals surface area (Å²) in [4.78, 5) is 18.3. The number of fused-ring (bicyclic) bond motifs is 1. The van der Waals surface area contributed by atoms with Gasteiger partial charge in [0.1, 0.15) is 11.6 Å². The SMILES string of the molecule is O=C1CCc2cc(OCCBr)cnc2N1[C@H]1C[C@@H](O)C1. The van der Waals surface area contributed by atoms with Gasteiger partial charge in [-0.3, -0.25) is 9.69 Å². The van der Waals surface area contributed by atoms with Crippen molar-refractivity contribution < 1.29 is 14.6 Å². The Morgan fingerprint density at radius 3 is 2.95 bits per heavy atom. The third-order valence-corrected chi connectivity index (χ3v) is 4.15. The van der Waals surface area contributed by atoms with E-state index >= 15 is 0 Å². The Balaban J connectivity index is 1.83. The van der Waals surface area contributed by atoms with Gasteiger partial charge in [0.05, 0.1) is 18.9 Å². The summed E-state index contributed by atoms with van der Waals surface area (Å²) >= 11 is 3.32. The molecule has 108 valence electrons. The fraction of sp³-hybridized carbons (Fsp3) is 0.571. The molecule has 1 N–H and O–H groups in total. The third kappa shape index (κ3) is 2.54. The van der Waals surface area contributed by atoms with E-state index in [1.54, 1.807) is 11.1 Å². The summed E-state index contributed by atoms with van der Waals surface area (Å²) in [6, 6.07) is 2.07. The average molecular weight is 341 g/mol. The zero-order valence-electron chi connectivity index (χ0n) is 11.1. The Hall–Kier alpha value is -1.14. The molecule has 0 aromatic carbocycles. The van der Waals surface area contributed by atoms with Crippen molar-refractivity contribution in [2.45, 2.75) is 37.8 Å². The lowest BCUT2D eigenvalue weighted by Gasteiger charge is -2.42. The molecule has 1 fully saturated rings. The van der Waals surface area contributed by atoms with Gasteiger partial charge in [-0.2, -0.15) is 0 Å². The number of ether oxygens (including phenoxy) is 1. The molecule has 0 radical (unpaired) electrons. The molecule has 1 saturated carbocycles. The number of carbonyl (C=O) groups is 1. The van der Waals surface area contributed by atoms with Gasteiger partial charge < -0.3 is 9.84 Å². The van der Waals surface area contributed by atoms with Gasteiger partial charge >= 0.3 is 0 Å². The molecule has 1 aliphatic heterocycles. The number of aryl methyl sites for hydroxylation is 1. The monoisotopic (exact) mass is 340 g/mol. The van der Waals surface area contributed by atoms with Crippen LogP contribution < -0.4 is 9.64 Å². The van der Waals surface area contributed by atoms with Gasteiger partial charge in [0, 0.05) is 17.8 Å². The summed E-state index contributed by atoms with van der Waals surface area (Å²) in [5, 5.41) is 10.2. The van der Waals surface area contributed by atoms with E-state index in [2.05, 4.69) is 20.9 Å². The minimum absolute atomic E-state index is 0.0957. The predicted molar refractivity (Wildman–Crippen MR) is 78.4 cm³/mol. The number of carbonyl (C=O) groups excluding carboxylic acids is 1. The Morgan fingerprint density at radius 1 is 1.45 bits per heavy atom. The van der Waals surface area contributed by atoms with Crippen LogP contribution in [0.4, 0.5) is 5.82 Å². The first-order valence-corrected chi connectivity index (χ1v) is 7.99. The zero-order valence-corrected chi connectivity index (χ0v) is 12.7. The molecule has 0 spiro atoms. The summed E-state index contributed by atoms with van der Waals surface area (Å²) in [5.41, 5.74) is 1.05. The maximum absolute atomic E-state index is 12.1. The Labute approximate surface area is 126 Å². The van der Waals surface area contributed by atoms with Gasteiger partial charge in [0.2, 0.25) is 5.91 Å². The first-order chi connectivity index (χ1) is 9.69. The molecular formula is C14H17BrN2O3. The number of amides is 1. The van der Waals surface area contributed by atoms with Gasteiger partial charge in [0.25, 0.3) is 0 Å². The van der Waals surface area contributed by atoms with Crippen molar-refractivity contribution in [2.75, 3.05) is 16.8 Å². The second-order valence-corrected chi connectivity index (χ2v) is 6.03. The van der Waals surface area contributed by atoms with Crippen molar-refractivity contribution in [1.82, 2.24) is 4.98 Å². The fourth-order valence-corrected chi connectivity index (χ4v) is 2.91. The lowest BCUT2D eigenvalue weighted by molar-refractivity contribution is -0.120. The van der Waals surface area contributed by atoms with Crippen LogP contribution in [-0.4, -0.2) is 40.1 Å². The summed E-state index contributed by atoms with van der Waals surface area (Å²) < 4.78 is 5.55. The fourth-order valence-electron chi connectivity index (χ4n) is 2.74. The minimum Gasteiger partial charge on any atom is -0.491 e. The highest BCUT2D eigenvalue weighted by Gasteiger charge is 2.39. The van der Waals surface area contributed by atoms with E-state index in [9.17, 15) is 9.90 Å². The molecule has 0 saturated heterocycles. The Bertz CT molecular complexity index is 517. The number of aliphatic hydroxyl groups excluding tert-OH is 1. The van der Waals surface area contributed by atoms with Gasteiger partial charge in [-0.1, -0.05) is 15.9 Å². The molecule has 1 aromatic heterocycles. The number of hydrogen-bond acceptors (Lipinski definition) is 4. The van der Waals surface area contributed by atoms with Crippen molar-refractivity contribution in [3.63, 3.8) is 0 Å². The molecule has 20 heavy (non-hydrogen) atoms. The van der Waals surface area contributed by atoms with Crippen LogP contribution in [0, 0.1) is 0 Å². The normalized spacial score (nSPS) is 25.1. The number of hydrogen-bond donors (Lipinski definition) is 1. The summed E-state index contributed by atoms with van der Waals surface area (Å²) in [6.45, 7) is 0.595. The topological polar surface area (TPSA) is 62.7 Å². The van der Waals surface area contributed by atoms with Gasteiger partial charge in [-0.05, 0) is 30.9 Å². The molecule has 0 atom stereocenters. The second-order valence-electron chi connectivity index (χ2n) is 5.23. The molecule has 2 heterocycles. The Morgan fingerprint density at radius 2 is 2.25 bits per heavy atom. The summed E-state index contributed by atoms with van der Waals surface area (Å²) in [5.74, 6) is 1.59. The lowest BCUT2D eigenvalue weighted by atomic mass is 9.86. The molecule has 3 rings (SSSR count). The van der Waals surface area contributed by atoms with E-state index in [1.165, 1.54) is 0 Å². The van der Waals surface area contributed by atoms with Gasteiger partial charge in [0.15, 0.2) is 0 Å². The molecule has 0 unspecified atom stereocenters. The Kier molecular flexibility index (Phi) is 3.94. The molecule has 1 aromatic rings.